The second-order valence-electron chi connectivity index (χ2n) is 5.59. The standard InChI is InChI=1S/C20H15O/c1-2-13(12-21)17-10-8-16-7-6-14-4-3-5-15-9-11-18(17)20(16)19(14)15/h3-11,13H,2H2,1H3. The second kappa shape index (κ2) is 4.56. The maximum atomic E-state index is 11.3. The van der Waals surface area contributed by atoms with Gasteiger partial charge in [-0.2, -0.15) is 0 Å². The minimum absolute atomic E-state index is 0.144. The Balaban J connectivity index is 2.23. The summed E-state index contributed by atoms with van der Waals surface area (Å²) in [5.41, 5.74) is 1.10. The molecule has 1 heteroatoms. The van der Waals surface area contributed by atoms with Gasteiger partial charge in [-0.3, -0.25) is 4.79 Å². The van der Waals surface area contributed by atoms with E-state index in [0.717, 1.165) is 12.0 Å². The van der Waals surface area contributed by atoms with Crippen LogP contribution in [0.4, 0.5) is 0 Å². The van der Waals surface area contributed by atoms with Crippen molar-refractivity contribution in [1.29, 1.82) is 0 Å². The van der Waals surface area contributed by atoms with Gasteiger partial charge in [-0.1, -0.05) is 61.5 Å². The molecule has 0 spiro atoms. The second-order valence-corrected chi connectivity index (χ2v) is 5.59. The van der Waals surface area contributed by atoms with Crippen molar-refractivity contribution in [2.45, 2.75) is 19.3 Å². The highest BCUT2D eigenvalue weighted by Crippen LogP contribution is 2.37. The molecule has 0 fully saturated rings. The Kier molecular flexibility index (Phi) is 2.68. The van der Waals surface area contributed by atoms with Crippen molar-refractivity contribution in [1.82, 2.24) is 0 Å². The van der Waals surface area contributed by atoms with E-state index in [1.54, 1.807) is 0 Å². The van der Waals surface area contributed by atoms with Crippen molar-refractivity contribution >= 4 is 38.6 Å². The summed E-state index contributed by atoms with van der Waals surface area (Å²) in [6.07, 6.45) is 2.98. The summed E-state index contributed by atoms with van der Waals surface area (Å²) in [4.78, 5) is 11.3. The van der Waals surface area contributed by atoms with Gasteiger partial charge in [0.15, 0.2) is 0 Å². The topological polar surface area (TPSA) is 17.1 Å². The first kappa shape index (κ1) is 12.3. The molecule has 1 unspecified atom stereocenters. The molecule has 1 atom stereocenters. The van der Waals surface area contributed by atoms with E-state index in [9.17, 15) is 4.79 Å². The maximum absolute atomic E-state index is 11.3. The van der Waals surface area contributed by atoms with Crippen LogP contribution < -0.4 is 0 Å². The van der Waals surface area contributed by atoms with Gasteiger partial charge in [0.05, 0.1) is 5.92 Å². The number of hydrogen-bond acceptors (Lipinski definition) is 1. The molecular formula is C20H15O. The lowest BCUT2D eigenvalue weighted by Gasteiger charge is -2.16. The first-order valence-corrected chi connectivity index (χ1v) is 7.37. The lowest BCUT2D eigenvalue weighted by molar-refractivity contribution is 0.541. The lowest BCUT2D eigenvalue weighted by Crippen LogP contribution is -2.00. The Morgan fingerprint density at radius 2 is 1.48 bits per heavy atom. The van der Waals surface area contributed by atoms with E-state index in [1.165, 1.54) is 32.3 Å². The van der Waals surface area contributed by atoms with Gasteiger partial charge < -0.3 is 0 Å². The van der Waals surface area contributed by atoms with Crippen LogP contribution >= 0.6 is 0 Å². The number of hydrogen-bond donors (Lipinski definition) is 0. The first-order chi connectivity index (χ1) is 10.3. The summed E-state index contributed by atoms with van der Waals surface area (Å²) in [7, 11) is 0. The van der Waals surface area contributed by atoms with Gasteiger partial charge in [-0.05, 0) is 44.3 Å². The SMILES string of the molecule is CCC([C]=O)c1ccc2ccc3cccc4ccc1c2c34. The number of carbonyl (C=O) groups excluding carboxylic acids is 1. The predicted molar refractivity (Wildman–Crippen MR) is 88.9 cm³/mol. The van der Waals surface area contributed by atoms with E-state index in [2.05, 4.69) is 60.9 Å². The van der Waals surface area contributed by atoms with E-state index in [4.69, 9.17) is 0 Å². The third-order valence-electron chi connectivity index (χ3n) is 4.49. The van der Waals surface area contributed by atoms with Crippen LogP contribution in [-0.4, -0.2) is 6.29 Å². The van der Waals surface area contributed by atoms with Crippen LogP contribution in [0.15, 0.2) is 54.6 Å². The van der Waals surface area contributed by atoms with Crippen molar-refractivity contribution in [3.8, 4) is 0 Å². The fourth-order valence-corrected chi connectivity index (χ4v) is 3.43. The van der Waals surface area contributed by atoms with Crippen molar-refractivity contribution < 1.29 is 4.79 Å². The monoisotopic (exact) mass is 271 g/mol. The van der Waals surface area contributed by atoms with Gasteiger partial charge in [0.2, 0.25) is 6.29 Å². The van der Waals surface area contributed by atoms with Crippen molar-refractivity contribution in [3.63, 3.8) is 0 Å². The molecule has 0 aliphatic rings. The molecule has 101 valence electrons. The van der Waals surface area contributed by atoms with Crippen molar-refractivity contribution in [3.05, 3.63) is 60.2 Å². The Morgan fingerprint density at radius 1 is 0.857 bits per heavy atom. The van der Waals surface area contributed by atoms with E-state index < -0.39 is 0 Å². The first-order valence-electron chi connectivity index (χ1n) is 7.37. The van der Waals surface area contributed by atoms with Crippen LogP contribution in [0.2, 0.25) is 0 Å². The Bertz CT molecular complexity index is 936. The third-order valence-corrected chi connectivity index (χ3v) is 4.49. The molecule has 0 heterocycles. The van der Waals surface area contributed by atoms with Crippen LogP contribution in [0.3, 0.4) is 0 Å². The lowest BCUT2D eigenvalue weighted by atomic mass is 9.87. The molecule has 21 heavy (non-hydrogen) atoms. The molecule has 0 saturated heterocycles. The van der Waals surface area contributed by atoms with E-state index in [0.29, 0.717) is 0 Å². The Morgan fingerprint density at radius 3 is 2.14 bits per heavy atom. The Labute approximate surface area is 123 Å². The third kappa shape index (κ3) is 1.67. The highest BCUT2D eigenvalue weighted by molar-refractivity contribution is 6.23. The van der Waals surface area contributed by atoms with Gasteiger partial charge in [-0.15, -0.1) is 0 Å². The summed E-state index contributed by atoms with van der Waals surface area (Å²) in [6.45, 7) is 2.04. The predicted octanol–water partition coefficient (Wildman–Crippen LogP) is 5.19. The molecular weight excluding hydrogens is 256 g/mol. The zero-order valence-corrected chi connectivity index (χ0v) is 11.9. The molecule has 0 N–H and O–H groups in total. The maximum Gasteiger partial charge on any atom is 0.206 e. The summed E-state index contributed by atoms with van der Waals surface area (Å²) in [5.74, 6) is -0.144. The number of benzene rings is 4. The molecule has 1 radical (unpaired) electrons. The van der Waals surface area contributed by atoms with Gasteiger partial charge in [0.25, 0.3) is 0 Å². The molecule has 0 aliphatic heterocycles. The Hall–Kier alpha value is -2.41. The van der Waals surface area contributed by atoms with Crippen LogP contribution in [-0.2, 0) is 4.79 Å². The van der Waals surface area contributed by atoms with Crippen LogP contribution in [0, 0.1) is 0 Å². The smallest absolute Gasteiger partial charge is 0.206 e. The van der Waals surface area contributed by atoms with E-state index in [1.807, 2.05) is 6.92 Å². The molecule has 1 nitrogen and oxygen atoms in total. The van der Waals surface area contributed by atoms with Crippen molar-refractivity contribution in [2.75, 3.05) is 0 Å². The quantitative estimate of drug-likeness (QED) is 0.469. The largest absolute Gasteiger partial charge is 0.290 e. The molecule has 0 bridgehead atoms. The van der Waals surface area contributed by atoms with Gasteiger partial charge >= 0.3 is 0 Å². The molecule has 4 rings (SSSR count). The average molecular weight is 271 g/mol. The molecule has 0 amide bonds. The molecule has 0 aliphatic carbocycles. The van der Waals surface area contributed by atoms with Gasteiger partial charge in [0, 0.05) is 0 Å². The highest BCUT2D eigenvalue weighted by Gasteiger charge is 2.16. The summed E-state index contributed by atoms with van der Waals surface area (Å²) < 4.78 is 0. The molecule has 0 aromatic heterocycles. The van der Waals surface area contributed by atoms with Crippen LogP contribution in [0.5, 0.6) is 0 Å². The van der Waals surface area contributed by atoms with Gasteiger partial charge in [-0.25, -0.2) is 0 Å². The summed E-state index contributed by atoms with van der Waals surface area (Å²) >= 11 is 0. The van der Waals surface area contributed by atoms with E-state index in [-0.39, 0.29) is 5.92 Å². The zero-order chi connectivity index (χ0) is 14.4. The number of rotatable bonds is 3. The summed E-state index contributed by atoms with van der Waals surface area (Å²) in [6, 6.07) is 19.3. The van der Waals surface area contributed by atoms with E-state index >= 15 is 0 Å². The fourth-order valence-electron chi connectivity index (χ4n) is 3.43. The minimum Gasteiger partial charge on any atom is -0.290 e. The van der Waals surface area contributed by atoms with Gasteiger partial charge in [0.1, 0.15) is 0 Å². The van der Waals surface area contributed by atoms with Crippen LogP contribution in [0.25, 0.3) is 32.3 Å². The average Bonchev–Trinajstić information content (AvgIpc) is 2.55. The molecule has 4 aromatic carbocycles. The highest BCUT2D eigenvalue weighted by atomic mass is 16.1. The zero-order valence-electron chi connectivity index (χ0n) is 11.9. The molecule has 0 saturated carbocycles. The van der Waals surface area contributed by atoms with Crippen LogP contribution in [0.1, 0.15) is 24.8 Å². The fraction of sp³-hybridized carbons (Fsp3) is 0.150. The minimum atomic E-state index is -0.144. The normalized spacial score (nSPS) is 13.2. The van der Waals surface area contributed by atoms with Crippen molar-refractivity contribution in [2.24, 2.45) is 0 Å². The molecule has 4 aromatic rings. The summed E-state index contributed by atoms with van der Waals surface area (Å²) in [5, 5.41) is 7.51.